The number of carbonyl (C=O) groups excluding carboxylic acids is 1. The van der Waals surface area contributed by atoms with Gasteiger partial charge in [-0.25, -0.2) is 4.79 Å². The van der Waals surface area contributed by atoms with E-state index < -0.39 is 5.69 Å². The average Bonchev–Trinajstić information content (AvgIpc) is 3.16. The molecule has 2 aliphatic rings. The van der Waals surface area contributed by atoms with Gasteiger partial charge < -0.3 is 14.6 Å². The SMILES string of the molecule is Cc1cc(C(=O)N2C[C@H]3CC[C@H](Oc4cccnc4)[C@H]3C2)nc(=O)[nH]1. The molecule has 1 N–H and O–H groups in total. The van der Waals surface area contributed by atoms with Gasteiger partial charge in [0.1, 0.15) is 17.5 Å². The van der Waals surface area contributed by atoms with Gasteiger partial charge in [0, 0.05) is 30.9 Å². The molecule has 1 saturated heterocycles. The third-order valence-electron chi connectivity index (χ3n) is 5.10. The second kappa shape index (κ2) is 6.31. The van der Waals surface area contributed by atoms with Gasteiger partial charge in [0.05, 0.1) is 6.20 Å². The summed E-state index contributed by atoms with van der Waals surface area (Å²) in [7, 11) is 0. The maximum Gasteiger partial charge on any atom is 0.345 e. The molecule has 7 nitrogen and oxygen atoms in total. The van der Waals surface area contributed by atoms with Gasteiger partial charge in [-0.3, -0.25) is 9.78 Å². The zero-order valence-corrected chi connectivity index (χ0v) is 14.0. The molecule has 1 amide bonds. The topological polar surface area (TPSA) is 88.2 Å². The van der Waals surface area contributed by atoms with Gasteiger partial charge in [0.15, 0.2) is 0 Å². The van der Waals surface area contributed by atoms with Crippen LogP contribution in [0.2, 0.25) is 0 Å². The Morgan fingerprint density at radius 3 is 3.00 bits per heavy atom. The van der Waals surface area contributed by atoms with Gasteiger partial charge in [-0.1, -0.05) is 0 Å². The van der Waals surface area contributed by atoms with Crippen molar-refractivity contribution < 1.29 is 9.53 Å². The van der Waals surface area contributed by atoms with Crippen LogP contribution in [0.15, 0.2) is 35.4 Å². The van der Waals surface area contributed by atoms with Crippen molar-refractivity contribution in [1.29, 1.82) is 0 Å². The molecule has 0 unspecified atom stereocenters. The zero-order valence-electron chi connectivity index (χ0n) is 14.0. The Balaban J connectivity index is 1.47. The highest BCUT2D eigenvalue weighted by Gasteiger charge is 2.45. The van der Waals surface area contributed by atoms with Crippen molar-refractivity contribution in [3.05, 3.63) is 52.5 Å². The molecule has 3 heterocycles. The number of H-pyrrole nitrogens is 1. The van der Waals surface area contributed by atoms with Crippen LogP contribution in [-0.2, 0) is 0 Å². The molecule has 1 aliphatic carbocycles. The molecule has 2 aromatic rings. The summed E-state index contributed by atoms with van der Waals surface area (Å²) >= 11 is 0. The van der Waals surface area contributed by atoms with Gasteiger partial charge in [0.25, 0.3) is 5.91 Å². The molecular weight excluding hydrogens is 320 g/mol. The molecule has 7 heteroatoms. The smallest absolute Gasteiger partial charge is 0.345 e. The number of nitrogens with one attached hydrogen (secondary N) is 1. The number of carbonyl (C=O) groups is 1. The summed E-state index contributed by atoms with van der Waals surface area (Å²) in [6.07, 6.45) is 5.57. The highest BCUT2D eigenvalue weighted by Crippen LogP contribution is 2.40. The lowest BCUT2D eigenvalue weighted by Gasteiger charge is -2.21. The summed E-state index contributed by atoms with van der Waals surface area (Å²) in [5.74, 6) is 1.34. The molecule has 4 rings (SSSR count). The van der Waals surface area contributed by atoms with Crippen molar-refractivity contribution in [3.63, 3.8) is 0 Å². The van der Waals surface area contributed by atoms with Crippen LogP contribution in [0.25, 0.3) is 0 Å². The number of aromatic amines is 1. The lowest BCUT2D eigenvalue weighted by molar-refractivity contribution is 0.0756. The van der Waals surface area contributed by atoms with Crippen LogP contribution in [-0.4, -0.2) is 45.0 Å². The van der Waals surface area contributed by atoms with E-state index in [0.717, 1.165) is 18.6 Å². The molecule has 0 radical (unpaired) electrons. The van der Waals surface area contributed by atoms with E-state index >= 15 is 0 Å². The summed E-state index contributed by atoms with van der Waals surface area (Å²) in [4.78, 5) is 36.5. The predicted octanol–water partition coefficient (Wildman–Crippen LogP) is 1.40. The number of likely N-dealkylation sites (tertiary alicyclic amines) is 1. The van der Waals surface area contributed by atoms with Gasteiger partial charge in [0.2, 0.25) is 0 Å². The van der Waals surface area contributed by atoms with Gasteiger partial charge >= 0.3 is 5.69 Å². The van der Waals surface area contributed by atoms with E-state index in [0.29, 0.717) is 30.6 Å². The first kappa shape index (κ1) is 15.8. The van der Waals surface area contributed by atoms with Crippen LogP contribution in [0, 0.1) is 18.8 Å². The minimum Gasteiger partial charge on any atom is -0.488 e. The number of hydrogen-bond donors (Lipinski definition) is 1. The largest absolute Gasteiger partial charge is 0.488 e. The summed E-state index contributed by atoms with van der Waals surface area (Å²) < 4.78 is 6.09. The zero-order chi connectivity index (χ0) is 17.4. The van der Waals surface area contributed by atoms with Crippen molar-refractivity contribution in [2.24, 2.45) is 11.8 Å². The van der Waals surface area contributed by atoms with E-state index in [1.807, 2.05) is 12.1 Å². The molecule has 0 spiro atoms. The van der Waals surface area contributed by atoms with E-state index in [1.165, 1.54) is 0 Å². The van der Waals surface area contributed by atoms with Crippen molar-refractivity contribution in [2.75, 3.05) is 13.1 Å². The van der Waals surface area contributed by atoms with Gasteiger partial charge in [-0.15, -0.1) is 0 Å². The Kier molecular flexibility index (Phi) is 3.99. The minimum atomic E-state index is -0.486. The summed E-state index contributed by atoms with van der Waals surface area (Å²) in [6.45, 7) is 3.09. The third kappa shape index (κ3) is 3.14. The van der Waals surface area contributed by atoms with Crippen molar-refractivity contribution in [3.8, 4) is 5.75 Å². The Morgan fingerprint density at radius 2 is 2.24 bits per heavy atom. The second-order valence-corrected chi connectivity index (χ2v) is 6.81. The Labute approximate surface area is 145 Å². The van der Waals surface area contributed by atoms with Crippen molar-refractivity contribution in [2.45, 2.75) is 25.9 Å². The molecule has 0 aromatic carbocycles. The maximum atomic E-state index is 12.7. The molecule has 130 valence electrons. The van der Waals surface area contributed by atoms with Gasteiger partial charge in [-0.05, 0) is 43.9 Å². The fourth-order valence-electron chi connectivity index (χ4n) is 3.97. The summed E-state index contributed by atoms with van der Waals surface area (Å²) in [5, 5.41) is 0. The quantitative estimate of drug-likeness (QED) is 0.912. The lowest BCUT2D eigenvalue weighted by atomic mass is 9.99. The van der Waals surface area contributed by atoms with Crippen LogP contribution in [0.1, 0.15) is 29.0 Å². The first-order valence-electron chi connectivity index (χ1n) is 8.54. The van der Waals surface area contributed by atoms with Crippen molar-refractivity contribution >= 4 is 5.91 Å². The van der Waals surface area contributed by atoms with Gasteiger partial charge in [-0.2, -0.15) is 4.98 Å². The number of hydrogen-bond acceptors (Lipinski definition) is 5. The molecular formula is C18H20N4O3. The molecule has 2 aromatic heterocycles. The molecule has 2 fully saturated rings. The highest BCUT2D eigenvalue weighted by molar-refractivity contribution is 5.92. The molecule has 1 saturated carbocycles. The Hall–Kier alpha value is -2.70. The Morgan fingerprint density at radius 1 is 1.36 bits per heavy atom. The number of pyridine rings is 1. The molecule has 1 aliphatic heterocycles. The van der Waals surface area contributed by atoms with E-state index in [9.17, 15) is 9.59 Å². The second-order valence-electron chi connectivity index (χ2n) is 6.81. The fraction of sp³-hybridized carbons (Fsp3) is 0.444. The monoisotopic (exact) mass is 340 g/mol. The number of nitrogens with zero attached hydrogens (tertiary/aromatic N) is 3. The van der Waals surface area contributed by atoms with Crippen LogP contribution in [0.4, 0.5) is 0 Å². The van der Waals surface area contributed by atoms with Crippen LogP contribution >= 0.6 is 0 Å². The number of aryl methyl sites for hydroxylation is 1. The first-order chi connectivity index (χ1) is 12.1. The fourth-order valence-corrected chi connectivity index (χ4v) is 3.97. The van der Waals surface area contributed by atoms with Crippen LogP contribution < -0.4 is 10.4 Å². The first-order valence-corrected chi connectivity index (χ1v) is 8.54. The van der Waals surface area contributed by atoms with E-state index in [2.05, 4.69) is 15.0 Å². The normalized spacial score (nSPS) is 25.0. The summed E-state index contributed by atoms with van der Waals surface area (Å²) in [6, 6.07) is 5.38. The molecule has 25 heavy (non-hydrogen) atoms. The van der Waals surface area contributed by atoms with Crippen LogP contribution in [0.3, 0.4) is 0 Å². The minimum absolute atomic E-state index is 0.0980. The average molecular weight is 340 g/mol. The lowest BCUT2D eigenvalue weighted by Crippen LogP contribution is -2.34. The van der Waals surface area contributed by atoms with E-state index in [1.54, 1.807) is 30.3 Å². The highest BCUT2D eigenvalue weighted by atomic mass is 16.5. The van der Waals surface area contributed by atoms with E-state index in [4.69, 9.17) is 4.74 Å². The number of amides is 1. The number of rotatable bonds is 3. The van der Waals surface area contributed by atoms with E-state index in [-0.39, 0.29) is 17.7 Å². The number of aromatic nitrogens is 3. The van der Waals surface area contributed by atoms with Crippen molar-refractivity contribution in [1.82, 2.24) is 19.9 Å². The molecule has 3 atom stereocenters. The maximum absolute atomic E-state index is 12.7. The number of fused-ring (bicyclic) bond motifs is 1. The predicted molar refractivity (Wildman–Crippen MR) is 90.4 cm³/mol. The Bertz CT molecular complexity index is 836. The summed E-state index contributed by atoms with van der Waals surface area (Å²) in [5.41, 5.74) is 0.368. The third-order valence-corrected chi connectivity index (χ3v) is 5.10. The number of ether oxygens (including phenoxy) is 1. The standard InChI is InChI=1S/C18H20N4O3/c1-11-7-15(21-18(24)20-11)17(23)22-9-12-4-5-16(14(12)10-22)25-13-3-2-6-19-8-13/h2-3,6-8,12,14,16H,4-5,9-10H2,1H3,(H,20,21,24)/t12-,14+,16+/m1/s1. The van der Waals surface area contributed by atoms with Crippen LogP contribution in [0.5, 0.6) is 5.75 Å². The molecule has 0 bridgehead atoms.